The van der Waals surface area contributed by atoms with E-state index in [1.54, 1.807) is 11.2 Å². The number of benzene rings is 1. The molecule has 0 saturated carbocycles. The van der Waals surface area contributed by atoms with E-state index in [2.05, 4.69) is 11.0 Å². The summed E-state index contributed by atoms with van der Waals surface area (Å²) < 4.78 is 27.6. The number of nitrogens with two attached hydrogens (primary N) is 1. The van der Waals surface area contributed by atoms with Crippen LogP contribution in [-0.4, -0.2) is 60.0 Å². The van der Waals surface area contributed by atoms with E-state index >= 15 is 0 Å². The van der Waals surface area contributed by atoms with Crippen LogP contribution < -0.4 is 5.73 Å². The van der Waals surface area contributed by atoms with Crippen LogP contribution in [0.15, 0.2) is 24.3 Å². The maximum atomic E-state index is 12.0. The van der Waals surface area contributed by atoms with Gasteiger partial charge in [0.05, 0.1) is 5.75 Å². The summed E-state index contributed by atoms with van der Waals surface area (Å²) in [4.78, 5) is 13.7. The van der Waals surface area contributed by atoms with Gasteiger partial charge in [0, 0.05) is 49.3 Å². The van der Waals surface area contributed by atoms with Crippen molar-refractivity contribution in [2.24, 2.45) is 5.73 Å². The van der Waals surface area contributed by atoms with Crippen LogP contribution in [0.2, 0.25) is 0 Å². The van der Waals surface area contributed by atoms with Gasteiger partial charge in [0.1, 0.15) is 6.54 Å². The molecule has 0 bridgehead atoms. The number of carbonyl (C=O) groups is 1. The van der Waals surface area contributed by atoms with Gasteiger partial charge in [-0.05, 0) is 25.5 Å². The summed E-state index contributed by atoms with van der Waals surface area (Å²) in [5.41, 5.74) is 8.63. The fourth-order valence-electron chi connectivity index (χ4n) is 3.63. The minimum absolute atomic E-state index is 0.146. The fraction of sp³-hybridized carbons (Fsp3) is 0.500. The lowest BCUT2D eigenvalue weighted by atomic mass is 10.1. The minimum atomic E-state index is -3.12. The summed E-state index contributed by atoms with van der Waals surface area (Å²) in [6.45, 7) is 7.04. The van der Waals surface area contributed by atoms with Gasteiger partial charge in [-0.15, -0.1) is 0 Å². The van der Waals surface area contributed by atoms with Crippen molar-refractivity contribution in [3.63, 3.8) is 0 Å². The standard InChI is InChI=1S/C18H26N4O3S/c1-3-26(24,25)21-10-8-20(9-11-21)12-16-14(2)22(13-18(19)23)17-7-5-4-6-15(16)17/h4-7H,3,8-13H2,1-2H3,(H2,19,23). The molecule has 0 atom stereocenters. The van der Waals surface area contributed by atoms with Crippen molar-refractivity contribution in [2.45, 2.75) is 26.9 Å². The monoisotopic (exact) mass is 378 g/mol. The Kier molecular flexibility index (Phi) is 5.36. The van der Waals surface area contributed by atoms with Crippen LogP contribution in [0.25, 0.3) is 10.9 Å². The highest BCUT2D eigenvalue weighted by Crippen LogP contribution is 2.27. The van der Waals surface area contributed by atoms with Crippen molar-refractivity contribution in [2.75, 3.05) is 31.9 Å². The van der Waals surface area contributed by atoms with Crippen LogP contribution in [0.5, 0.6) is 0 Å². The first kappa shape index (κ1) is 18.9. The summed E-state index contributed by atoms with van der Waals surface area (Å²) in [7, 11) is -3.12. The summed E-state index contributed by atoms with van der Waals surface area (Å²) in [5.74, 6) is -0.217. The fourth-order valence-corrected chi connectivity index (χ4v) is 4.72. The van der Waals surface area contributed by atoms with Gasteiger partial charge in [-0.3, -0.25) is 9.69 Å². The second kappa shape index (κ2) is 7.38. The highest BCUT2D eigenvalue weighted by atomic mass is 32.2. The van der Waals surface area contributed by atoms with Crippen LogP contribution in [0.1, 0.15) is 18.2 Å². The first-order chi connectivity index (χ1) is 12.3. The molecule has 0 radical (unpaired) electrons. The van der Waals surface area contributed by atoms with Crippen molar-refractivity contribution in [3.05, 3.63) is 35.5 Å². The number of hydrogen-bond donors (Lipinski definition) is 1. The van der Waals surface area contributed by atoms with Gasteiger partial charge in [-0.25, -0.2) is 8.42 Å². The maximum absolute atomic E-state index is 12.0. The van der Waals surface area contributed by atoms with E-state index in [4.69, 9.17) is 5.73 Å². The molecule has 1 amide bonds. The maximum Gasteiger partial charge on any atom is 0.237 e. The molecule has 26 heavy (non-hydrogen) atoms. The Morgan fingerprint density at radius 1 is 1.15 bits per heavy atom. The Labute approximate surface area is 154 Å². The van der Waals surface area contributed by atoms with Gasteiger partial charge >= 0.3 is 0 Å². The SMILES string of the molecule is CCS(=O)(=O)N1CCN(Cc2c(C)n(CC(N)=O)c3ccccc23)CC1. The first-order valence-electron chi connectivity index (χ1n) is 8.88. The number of primary amides is 1. The third-order valence-electron chi connectivity index (χ3n) is 5.15. The van der Waals surface area contributed by atoms with E-state index in [-0.39, 0.29) is 18.2 Å². The molecule has 8 heteroatoms. The topological polar surface area (TPSA) is 88.6 Å². The Balaban J connectivity index is 1.82. The Bertz CT molecular complexity index is 912. The van der Waals surface area contributed by atoms with Crippen LogP contribution in [-0.2, 0) is 27.9 Å². The normalized spacial score (nSPS) is 17.0. The average Bonchev–Trinajstić information content (AvgIpc) is 2.88. The second-order valence-electron chi connectivity index (χ2n) is 6.71. The van der Waals surface area contributed by atoms with Gasteiger partial charge < -0.3 is 10.3 Å². The van der Waals surface area contributed by atoms with Crippen molar-refractivity contribution < 1.29 is 13.2 Å². The van der Waals surface area contributed by atoms with E-state index in [1.807, 2.05) is 29.7 Å². The lowest BCUT2D eigenvalue weighted by molar-refractivity contribution is -0.118. The quantitative estimate of drug-likeness (QED) is 0.809. The predicted octanol–water partition coefficient (Wildman–Crippen LogP) is 0.902. The predicted molar refractivity (Wildman–Crippen MR) is 102 cm³/mol. The molecule has 1 fully saturated rings. The van der Waals surface area contributed by atoms with E-state index < -0.39 is 10.0 Å². The van der Waals surface area contributed by atoms with E-state index in [0.717, 1.165) is 23.1 Å². The van der Waals surface area contributed by atoms with Gasteiger partial charge in [0.15, 0.2) is 0 Å². The molecule has 2 N–H and O–H groups in total. The number of rotatable bonds is 6. The third-order valence-corrected chi connectivity index (χ3v) is 7.03. The molecular weight excluding hydrogens is 352 g/mol. The molecule has 2 heterocycles. The Hall–Kier alpha value is -1.90. The zero-order valence-corrected chi connectivity index (χ0v) is 16.1. The van der Waals surface area contributed by atoms with Gasteiger partial charge in [-0.1, -0.05) is 18.2 Å². The molecule has 0 unspecified atom stereocenters. The number of hydrogen-bond acceptors (Lipinski definition) is 4. The Morgan fingerprint density at radius 3 is 2.42 bits per heavy atom. The van der Waals surface area contributed by atoms with E-state index in [0.29, 0.717) is 26.2 Å². The minimum Gasteiger partial charge on any atom is -0.368 e. The number of fused-ring (bicyclic) bond motifs is 1. The van der Waals surface area contributed by atoms with Gasteiger partial charge in [0.2, 0.25) is 15.9 Å². The van der Waals surface area contributed by atoms with Crippen LogP contribution >= 0.6 is 0 Å². The number of sulfonamides is 1. The van der Waals surface area contributed by atoms with Gasteiger partial charge in [-0.2, -0.15) is 4.31 Å². The zero-order chi connectivity index (χ0) is 18.9. The summed E-state index contributed by atoms with van der Waals surface area (Å²) in [6.07, 6.45) is 0. The summed E-state index contributed by atoms with van der Waals surface area (Å²) >= 11 is 0. The second-order valence-corrected chi connectivity index (χ2v) is 8.97. The van der Waals surface area contributed by atoms with E-state index in [1.165, 1.54) is 5.56 Å². The first-order valence-corrected chi connectivity index (χ1v) is 10.5. The van der Waals surface area contributed by atoms with Gasteiger partial charge in [0.25, 0.3) is 0 Å². The third kappa shape index (κ3) is 3.62. The highest BCUT2D eigenvalue weighted by Gasteiger charge is 2.26. The average molecular weight is 378 g/mol. The van der Waals surface area contributed by atoms with Crippen molar-refractivity contribution in [1.29, 1.82) is 0 Å². The Morgan fingerprint density at radius 2 is 1.81 bits per heavy atom. The van der Waals surface area contributed by atoms with Crippen molar-refractivity contribution >= 4 is 26.8 Å². The smallest absolute Gasteiger partial charge is 0.237 e. The number of para-hydroxylation sites is 1. The number of piperazine rings is 1. The molecule has 1 aliphatic heterocycles. The molecule has 7 nitrogen and oxygen atoms in total. The summed E-state index contributed by atoms with van der Waals surface area (Å²) in [5, 5.41) is 1.12. The molecule has 1 aromatic heterocycles. The molecule has 3 rings (SSSR count). The lowest BCUT2D eigenvalue weighted by Crippen LogP contribution is -2.48. The van der Waals surface area contributed by atoms with Crippen LogP contribution in [0.4, 0.5) is 0 Å². The van der Waals surface area contributed by atoms with Crippen molar-refractivity contribution in [1.82, 2.24) is 13.8 Å². The lowest BCUT2D eigenvalue weighted by Gasteiger charge is -2.33. The van der Waals surface area contributed by atoms with Crippen LogP contribution in [0, 0.1) is 6.92 Å². The van der Waals surface area contributed by atoms with Crippen LogP contribution in [0.3, 0.4) is 0 Å². The highest BCUT2D eigenvalue weighted by molar-refractivity contribution is 7.89. The number of nitrogens with zero attached hydrogens (tertiary/aromatic N) is 3. The molecule has 1 aliphatic rings. The molecule has 0 aliphatic carbocycles. The van der Waals surface area contributed by atoms with E-state index in [9.17, 15) is 13.2 Å². The number of aromatic nitrogens is 1. The molecule has 1 saturated heterocycles. The molecule has 0 spiro atoms. The molecular formula is C18H26N4O3S. The number of amides is 1. The molecule has 2 aromatic rings. The molecule has 142 valence electrons. The van der Waals surface area contributed by atoms with Crippen molar-refractivity contribution in [3.8, 4) is 0 Å². The number of carbonyl (C=O) groups excluding carboxylic acids is 1. The zero-order valence-electron chi connectivity index (χ0n) is 15.3. The largest absolute Gasteiger partial charge is 0.368 e. The summed E-state index contributed by atoms with van der Waals surface area (Å²) in [6, 6.07) is 8.01. The molecule has 1 aromatic carbocycles.